The van der Waals surface area contributed by atoms with E-state index in [0.717, 1.165) is 0 Å². The third kappa shape index (κ3) is 3.65. The Balaban J connectivity index is 1.17. The highest BCUT2D eigenvalue weighted by molar-refractivity contribution is 5.79. The molecule has 2 aromatic carbocycles. The van der Waals surface area contributed by atoms with Crippen LogP contribution in [0.15, 0.2) is 48.5 Å². The number of morpholine rings is 1. The number of rotatable bonds is 4. The first-order chi connectivity index (χ1) is 15.9. The second-order valence-corrected chi connectivity index (χ2v) is 10.7. The number of benzene rings is 2. The van der Waals surface area contributed by atoms with Gasteiger partial charge in [0.25, 0.3) is 0 Å². The van der Waals surface area contributed by atoms with Gasteiger partial charge in [-0.3, -0.25) is 4.90 Å². The molecule has 3 saturated heterocycles. The van der Waals surface area contributed by atoms with E-state index >= 15 is 0 Å². The fraction of sp³-hybridized carbons (Fsp3) is 0.519. The average molecular weight is 450 g/mol. The van der Waals surface area contributed by atoms with E-state index in [9.17, 15) is 9.90 Å². The molecule has 1 N–H and O–H groups in total. The first-order valence-corrected chi connectivity index (χ1v) is 12.0. The fourth-order valence-electron chi connectivity index (χ4n) is 6.53. The van der Waals surface area contributed by atoms with E-state index in [1.54, 1.807) is 0 Å². The van der Waals surface area contributed by atoms with Crippen LogP contribution in [0.5, 0.6) is 0 Å². The molecule has 3 heterocycles. The molecule has 6 rings (SSSR count). The molecule has 0 saturated carbocycles. The van der Waals surface area contributed by atoms with Gasteiger partial charge in [-0.2, -0.15) is 0 Å². The van der Waals surface area contributed by atoms with Crippen molar-refractivity contribution in [3.63, 3.8) is 0 Å². The molecule has 33 heavy (non-hydrogen) atoms. The van der Waals surface area contributed by atoms with Crippen molar-refractivity contribution in [1.29, 1.82) is 0 Å². The Labute approximate surface area is 194 Å². The number of carbonyl (C=O) groups excluding carboxylic acids is 1. The van der Waals surface area contributed by atoms with E-state index in [1.165, 1.54) is 22.3 Å². The van der Waals surface area contributed by atoms with Crippen molar-refractivity contribution in [2.45, 2.75) is 49.8 Å². The zero-order valence-corrected chi connectivity index (χ0v) is 19.0. The van der Waals surface area contributed by atoms with Crippen LogP contribution in [0, 0.1) is 5.41 Å². The normalized spacial score (nSPS) is 29.7. The summed E-state index contributed by atoms with van der Waals surface area (Å²) in [6.45, 7) is 4.74. The van der Waals surface area contributed by atoms with Crippen LogP contribution in [-0.4, -0.2) is 66.8 Å². The van der Waals surface area contributed by atoms with E-state index in [4.69, 9.17) is 14.2 Å². The maximum atomic E-state index is 13.3. The quantitative estimate of drug-likeness (QED) is 0.765. The van der Waals surface area contributed by atoms with Crippen LogP contribution in [0.3, 0.4) is 0 Å². The molecule has 2 bridgehead atoms. The van der Waals surface area contributed by atoms with Crippen LogP contribution in [0.1, 0.15) is 43.2 Å². The summed E-state index contributed by atoms with van der Waals surface area (Å²) in [6.07, 6.45) is 1.44. The van der Waals surface area contributed by atoms with Gasteiger partial charge in [0.05, 0.1) is 44.1 Å². The monoisotopic (exact) mass is 449 g/mol. The lowest BCUT2D eigenvalue weighted by atomic mass is 9.70. The second kappa shape index (κ2) is 7.83. The zero-order valence-electron chi connectivity index (χ0n) is 19.0. The number of fused-ring (bicyclic) bond motifs is 5. The Morgan fingerprint density at radius 3 is 2.12 bits per heavy atom. The lowest BCUT2D eigenvalue weighted by Crippen LogP contribution is -2.64. The Morgan fingerprint density at radius 1 is 1.00 bits per heavy atom. The molecule has 1 amide bonds. The highest BCUT2D eigenvalue weighted by Gasteiger charge is 2.52. The molecule has 6 nitrogen and oxygen atoms in total. The molecule has 2 atom stereocenters. The summed E-state index contributed by atoms with van der Waals surface area (Å²) in [5.74, 6) is 0.0396. The standard InChI is InChI=1S/C27H31NO5/c1-26(16-32-17-26)15-27(30)10-18-12-31-13-19(11-27)28(18)25(29)33-14-24-22-8-4-2-6-20(22)21-7-3-5-9-23(21)24/h2-9,18-19,24,30H,10-17H2,1H3. The lowest BCUT2D eigenvalue weighted by Gasteiger charge is -2.53. The molecule has 3 aliphatic heterocycles. The molecule has 3 fully saturated rings. The van der Waals surface area contributed by atoms with Gasteiger partial charge in [0.1, 0.15) is 6.61 Å². The molecule has 4 aliphatic rings. The molecule has 0 aromatic heterocycles. The van der Waals surface area contributed by atoms with Crippen LogP contribution < -0.4 is 0 Å². The van der Waals surface area contributed by atoms with Gasteiger partial charge in [-0.15, -0.1) is 0 Å². The zero-order chi connectivity index (χ0) is 22.6. The third-order valence-corrected chi connectivity index (χ3v) is 7.84. The number of nitrogens with zero attached hydrogens (tertiary/aromatic N) is 1. The van der Waals surface area contributed by atoms with Gasteiger partial charge in [0.15, 0.2) is 0 Å². The number of ether oxygens (including phenoxy) is 3. The topological polar surface area (TPSA) is 68.2 Å². The maximum absolute atomic E-state index is 13.3. The van der Waals surface area contributed by atoms with Crippen molar-refractivity contribution in [1.82, 2.24) is 4.90 Å². The Morgan fingerprint density at radius 2 is 1.58 bits per heavy atom. The summed E-state index contributed by atoms with van der Waals surface area (Å²) in [6, 6.07) is 16.4. The highest BCUT2D eigenvalue weighted by atomic mass is 16.6. The predicted molar refractivity (Wildman–Crippen MR) is 123 cm³/mol. The molecule has 174 valence electrons. The third-order valence-electron chi connectivity index (χ3n) is 7.84. The summed E-state index contributed by atoms with van der Waals surface area (Å²) in [4.78, 5) is 15.1. The van der Waals surface area contributed by atoms with Gasteiger partial charge in [-0.05, 0) is 41.5 Å². The summed E-state index contributed by atoms with van der Waals surface area (Å²) >= 11 is 0. The molecule has 1 aliphatic carbocycles. The van der Waals surface area contributed by atoms with Crippen LogP contribution in [0.4, 0.5) is 4.79 Å². The minimum Gasteiger partial charge on any atom is -0.448 e. The van der Waals surface area contributed by atoms with E-state index in [-0.39, 0.29) is 29.5 Å². The molecular weight excluding hydrogens is 418 g/mol. The number of piperidine rings is 1. The van der Waals surface area contributed by atoms with Crippen LogP contribution >= 0.6 is 0 Å². The number of aliphatic hydroxyl groups is 1. The molecular formula is C27H31NO5. The van der Waals surface area contributed by atoms with Crippen LogP contribution in [0.2, 0.25) is 0 Å². The first-order valence-electron chi connectivity index (χ1n) is 12.0. The van der Waals surface area contributed by atoms with Crippen molar-refractivity contribution in [2.24, 2.45) is 5.41 Å². The van der Waals surface area contributed by atoms with Crippen molar-refractivity contribution < 1.29 is 24.1 Å². The van der Waals surface area contributed by atoms with E-state index in [0.29, 0.717) is 52.3 Å². The van der Waals surface area contributed by atoms with Crippen molar-refractivity contribution in [3.8, 4) is 11.1 Å². The Bertz CT molecular complexity index is 1000. The van der Waals surface area contributed by atoms with Gasteiger partial charge in [-0.1, -0.05) is 55.5 Å². The minimum absolute atomic E-state index is 0.0236. The molecule has 0 spiro atoms. The van der Waals surface area contributed by atoms with Crippen molar-refractivity contribution >= 4 is 6.09 Å². The SMILES string of the molecule is CC1(CC2(O)CC3COCC(C2)N3C(=O)OCC2c3ccccc3-c3ccccc32)COC1. The van der Waals surface area contributed by atoms with Gasteiger partial charge in [-0.25, -0.2) is 4.79 Å². The molecule has 0 radical (unpaired) electrons. The number of hydrogen-bond donors (Lipinski definition) is 1. The van der Waals surface area contributed by atoms with Crippen molar-refractivity contribution in [2.75, 3.05) is 33.0 Å². The van der Waals surface area contributed by atoms with Crippen LogP contribution in [0.25, 0.3) is 11.1 Å². The average Bonchev–Trinajstić information content (AvgIpc) is 3.09. The Hall–Kier alpha value is -2.41. The van der Waals surface area contributed by atoms with Gasteiger partial charge < -0.3 is 19.3 Å². The number of amides is 1. The fourth-order valence-corrected chi connectivity index (χ4v) is 6.53. The summed E-state index contributed by atoms with van der Waals surface area (Å²) < 4.78 is 17.1. The molecule has 2 aromatic rings. The lowest BCUT2D eigenvalue weighted by molar-refractivity contribution is -0.179. The van der Waals surface area contributed by atoms with Gasteiger partial charge >= 0.3 is 6.09 Å². The Kier molecular flexibility index (Phi) is 5.02. The summed E-state index contributed by atoms with van der Waals surface area (Å²) in [7, 11) is 0. The van der Waals surface area contributed by atoms with E-state index < -0.39 is 5.60 Å². The molecule has 2 unspecified atom stereocenters. The predicted octanol–water partition coefficient (Wildman–Crippen LogP) is 3.96. The van der Waals surface area contributed by atoms with Crippen molar-refractivity contribution in [3.05, 3.63) is 59.7 Å². The maximum Gasteiger partial charge on any atom is 0.410 e. The first kappa shape index (κ1) is 21.1. The smallest absolute Gasteiger partial charge is 0.410 e. The summed E-state index contributed by atoms with van der Waals surface area (Å²) in [5.41, 5.74) is 4.08. The van der Waals surface area contributed by atoms with Gasteiger partial charge in [0.2, 0.25) is 0 Å². The van der Waals surface area contributed by atoms with Gasteiger partial charge in [0, 0.05) is 11.3 Å². The second-order valence-electron chi connectivity index (χ2n) is 10.7. The van der Waals surface area contributed by atoms with E-state index in [1.807, 2.05) is 17.0 Å². The van der Waals surface area contributed by atoms with Crippen LogP contribution in [-0.2, 0) is 14.2 Å². The minimum atomic E-state index is -0.794. The highest BCUT2D eigenvalue weighted by Crippen LogP contribution is 2.46. The molecule has 6 heteroatoms. The summed E-state index contributed by atoms with van der Waals surface area (Å²) in [5, 5.41) is 11.4. The number of carbonyl (C=O) groups is 1. The van der Waals surface area contributed by atoms with E-state index in [2.05, 4.69) is 43.3 Å². The number of hydrogen-bond acceptors (Lipinski definition) is 5. The largest absolute Gasteiger partial charge is 0.448 e.